The smallest absolute Gasteiger partial charge is 0.176 e. The number of aromatic nitrogens is 1. The van der Waals surface area contributed by atoms with Gasteiger partial charge in [-0.15, -0.1) is 0 Å². The number of allylic oxidation sites excluding steroid dienone is 1. The van der Waals surface area contributed by atoms with E-state index >= 15 is 0 Å². The summed E-state index contributed by atoms with van der Waals surface area (Å²) in [5.74, 6) is 0.701. The fourth-order valence-corrected chi connectivity index (χ4v) is 3.03. The van der Waals surface area contributed by atoms with Crippen molar-refractivity contribution in [1.29, 1.82) is 0 Å². The number of carbonyl (C=O) groups is 1. The molecule has 1 aromatic heterocycles. The zero-order valence-electron chi connectivity index (χ0n) is 13.1. The van der Waals surface area contributed by atoms with Crippen LogP contribution in [0.1, 0.15) is 41.5 Å². The number of nitrogens with one attached hydrogen (secondary N) is 1. The molecule has 4 heteroatoms. The summed E-state index contributed by atoms with van der Waals surface area (Å²) in [6.07, 6.45) is 2.43. The van der Waals surface area contributed by atoms with Gasteiger partial charge in [0, 0.05) is 50.9 Å². The Morgan fingerprint density at radius 2 is 2.00 bits per heavy atom. The zero-order valence-corrected chi connectivity index (χ0v) is 13.1. The molecule has 3 rings (SSSR count). The van der Waals surface area contributed by atoms with Crippen molar-refractivity contribution in [2.24, 2.45) is 5.92 Å². The van der Waals surface area contributed by atoms with Crippen molar-refractivity contribution in [2.45, 2.75) is 26.3 Å². The van der Waals surface area contributed by atoms with Crippen molar-refractivity contribution < 1.29 is 4.79 Å². The van der Waals surface area contributed by atoms with Crippen LogP contribution in [0.2, 0.25) is 0 Å². The molecule has 114 valence electrons. The predicted octanol–water partition coefficient (Wildman–Crippen LogP) is 2.39. The minimum absolute atomic E-state index is 0.108. The molecule has 2 aliphatic rings. The first kappa shape index (κ1) is 14.5. The molecule has 0 amide bonds. The molecule has 1 aromatic rings. The second-order valence-corrected chi connectivity index (χ2v) is 6.52. The van der Waals surface area contributed by atoms with E-state index in [1.165, 1.54) is 12.8 Å². The summed E-state index contributed by atoms with van der Waals surface area (Å²) >= 11 is 0. The zero-order chi connectivity index (χ0) is 15.0. The Morgan fingerprint density at radius 3 is 2.57 bits per heavy atom. The average molecular weight is 287 g/mol. The summed E-state index contributed by atoms with van der Waals surface area (Å²) in [4.78, 5) is 20.0. The molecular formula is C17H25N3O. The number of aromatic amines is 1. The molecule has 1 aliphatic heterocycles. The largest absolute Gasteiger partial charge is 0.354 e. The number of hydrogen-bond donors (Lipinski definition) is 1. The first-order valence-corrected chi connectivity index (χ1v) is 7.87. The van der Waals surface area contributed by atoms with Crippen molar-refractivity contribution in [3.05, 3.63) is 29.6 Å². The molecular weight excluding hydrogens is 262 g/mol. The third-order valence-electron chi connectivity index (χ3n) is 4.63. The lowest BCUT2D eigenvalue weighted by Crippen LogP contribution is -2.43. The highest BCUT2D eigenvalue weighted by Crippen LogP contribution is 2.42. The minimum atomic E-state index is 0.108. The lowest BCUT2D eigenvalue weighted by atomic mass is 10.0. The summed E-state index contributed by atoms with van der Waals surface area (Å²) in [5, 5.41) is 0. The summed E-state index contributed by atoms with van der Waals surface area (Å²) in [6, 6.07) is 2.15. The maximum Gasteiger partial charge on any atom is 0.176 e. The Bertz CT molecular complexity index is 548. The molecule has 0 bridgehead atoms. The number of nitrogens with zero attached hydrogens (tertiary/aromatic N) is 2. The van der Waals surface area contributed by atoms with E-state index in [1.54, 1.807) is 6.92 Å². The van der Waals surface area contributed by atoms with Gasteiger partial charge in [0.05, 0.1) is 5.69 Å². The molecule has 0 spiro atoms. The number of rotatable bonds is 5. The van der Waals surface area contributed by atoms with Crippen LogP contribution in [0, 0.1) is 5.92 Å². The van der Waals surface area contributed by atoms with Gasteiger partial charge in [-0.05, 0) is 37.4 Å². The second kappa shape index (κ2) is 5.78. The van der Waals surface area contributed by atoms with Crippen molar-refractivity contribution in [3.8, 4) is 0 Å². The topological polar surface area (TPSA) is 39.3 Å². The van der Waals surface area contributed by atoms with Gasteiger partial charge in [0.15, 0.2) is 5.78 Å². The van der Waals surface area contributed by atoms with E-state index in [4.69, 9.17) is 0 Å². The van der Waals surface area contributed by atoms with Crippen LogP contribution in [-0.4, -0.2) is 53.8 Å². The van der Waals surface area contributed by atoms with Gasteiger partial charge in [0.1, 0.15) is 0 Å². The monoisotopic (exact) mass is 287 g/mol. The molecule has 1 saturated heterocycles. The Labute approximate surface area is 126 Å². The summed E-state index contributed by atoms with van der Waals surface area (Å²) in [5.41, 5.74) is 4.08. The van der Waals surface area contributed by atoms with Gasteiger partial charge in [0.25, 0.3) is 0 Å². The van der Waals surface area contributed by atoms with Crippen LogP contribution in [0.25, 0.3) is 5.57 Å². The number of piperazine rings is 1. The number of carbonyl (C=O) groups excluding carboxylic acids is 1. The van der Waals surface area contributed by atoms with Crippen LogP contribution in [-0.2, 0) is 6.54 Å². The quantitative estimate of drug-likeness (QED) is 0.845. The minimum Gasteiger partial charge on any atom is -0.354 e. The van der Waals surface area contributed by atoms with Crippen LogP contribution in [0.15, 0.2) is 12.6 Å². The lowest BCUT2D eigenvalue weighted by Gasteiger charge is -2.31. The highest BCUT2D eigenvalue weighted by molar-refractivity contribution is 5.97. The fourth-order valence-electron chi connectivity index (χ4n) is 3.03. The molecule has 0 atom stereocenters. The molecule has 2 heterocycles. The van der Waals surface area contributed by atoms with Crippen LogP contribution in [0.4, 0.5) is 0 Å². The van der Waals surface area contributed by atoms with Gasteiger partial charge in [-0.3, -0.25) is 9.69 Å². The molecule has 2 fully saturated rings. The molecule has 1 saturated carbocycles. The summed E-state index contributed by atoms with van der Waals surface area (Å²) in [7, 11) is 2.16. The van der Waals surface area contributed by atoms with E-state index in [0.717, 1.165) is 55.2 Å². The van der Waals surface area contributed by atoms with Crippen LogP contribution >= 0.6 is 0 Å². The van der Waals surface area contributed by atoms with E-state index < -0.39 is 0 Å². The normalized spacial score (nSPS) is 20.7. The van der Waals surface area contributed by atoms with Crippen molar-refractivity contribution in [3.63, 3.8) is 0 Å². The maximum absolute atomic E-state index is 11.9. The van der Waals surface area contributed by atoms with E-state index in [2.05, 4.69) is 34.5 Å². The number of H-pyrrole nitrogens is 1. The van der Waals surface area contributed by atoms with E-state index in [1.807, 2.05) is 0 Å². The number of ketones is 1. The maximum atomic E-state index is 11.9. The Hall–Kier alpha value is -1.39. The van der Waals surface area contributed by atoms with Gasteiger partial charge < -0.3 is 9.88 Å². The number of hydrogen-bond acceptors (Lipinski definition) is 3. The number of Topliss-reactive ketones (excluding diaryl/α,β-unsaturated/α-hetero) is 1. The predicted molar refractivity (Wildman–Crippen MR) is 85.3 cm³/mol. The number of likely N-dealkylation sites (N-methyl/N-ethyl adjacent to an activating group) is 1. The standard InChI is InChI=1S/C17H25N3O/c1-12(14-4-5-14)16-10-15(18-17(16)13(2)21)11-20-8-6-19(3)7-9-20/h10,14,18H,1,4-9,11H2,2-3H3. The Kier molecular flexibility index (Phi) is 4.00. The van der Waals surface area contributed by atoms with Gasteiger partial charge >= 0.3 is 0 Å². The Morgan fingerprint density at radius 1 is 1.33 bits per heavy atom. The van der Waals surface area contributed by atoms with E-state index in [-0.39, 0.29) is 5.78 Å². The van der Waals surface area contributed by atoms with Crippen molar-refractivity contribution in [2.75, 3.05) is 33.2 Å². The summed E-state index contributed by atoms with van der Waals surface area (Å²) in [6.45, 7) is 11.1. The van der Waals surface area contributed by atoms with E-state index in [0.29, 0.717) is 5.92 Å². The molecule has 1 aliphatic carbocycles. The van der Waals surface area contributed by atoms with E-state index in [9.17, 15) is 4.79 Å². The lowest BCUT2D eigenvalue weighted by molar-refractivity contribution is 0.101. The summed E-state index contributed by atoms with van der Waals surface area (Å²) < 4.78 is 0. The van der Waals surface area contributed by atoms with Gasteiger partial charge in [0.2, 0.25) is 0 Å². The molecule has 4 nitrogen and oxygen atoms in total. The van der Waals surface area contributed by atoms with Gasteiger partial charge in [-0.1, -0.05) is 6.58 Å². The fraction of sp³-hybridized carbons (Fsp3) is 0.588. The first-order chi connectivity index (χ1) is 10.0. The third kappa shape index (κ3) is 3.27. The van der Waals surface area contributed by atoms with Crippen LogP contribution in [0.3, 0.4) is 0 Å². The molecule has 0 unspecified atom stereocenters. The highest BCUT2D eigenvalue weighted by Gasteiger charge is 2.28. The third-order valence-corrected chi connectivity index (χ3v) is 4.63. The SMILES string of the molecule is C=C(c1cc(CN2CCN(C)CC2)[nH]c1C(C)=O)C1CC1. The molecule has 0 aromatic carbocycles. The molecule has 0 radical (unpaired) electrons. The van der Waals surface area contributed by atoms with Gasteiger partial charge in [-0.25, -0.2) is 0 Å². The van der Waals surface area contributed by atoms with Crippen molar-refractivity contribution >= 4 is 11.4 Å². The van der Waals surface area contributed by atoms with Gasteiger partial charge in [-0.2, -0.15) is 0 Å². The Balaban J connectivity index is 1.75. The highest BCUT2D eigenvalue weighted by atomic mass is 16.1. The molecule has 1 N–H and O–H groups in total. The van der Waals surface area contributed by atoms with Crippen LogP contribution < -0.4 is 0 Å². The average Bonchev–Trinajstić information content (AvgIpc) is 3.21. The van der Waals surface area contributed by atoms with Crippen molar-refractivity contribution in [1.82, 2.24) is 14.8 Å². The van der Waals surface area contributed by atoms with Crippen LogP contribution in [0.5, 0.6) is 0 Å². The molecule has 21 heavy (non-hydrogen) atoms. The second-order valence-electron chi connectivity index (χ2n) is 6.52. The first-order valence-electron chi connectivity index (χ1n) is 7.87.